The average molecular weight is 297 g/mol. The van der Waals surface area contributed by atoms with E-state index in [-0.39, 0.29) is 29.8 Å². The Bertz CT molecular complexity index is 380. The Hall–Kier alpha value is -0.760. The molecular weight excluding hydrogens is 278 g/mol. The smallest absolute Gasteiger partial charge is 0.309 e. The maximum atomic E-state index is 11.5. The fraction of sp³-hybridized carbons (Fsp3) is 0.800. The third-order valence-electron chi connectivity index (χ3n) is 2.17. The number of methoxy groups -OCH3 is 1. The van der Waals surface area contributed by atoms with E-state index in [0.29, 0.717) is 11.5 Å². The molecule has 6 nitrogen and oxygen atoms in total. The highest BCUT2D eigenvalue weighted by molar-refractivity contribution is 8.00. The Kier molecular flexibility index (Phi) is 8.01. The number of sulfone groups is 1. The van der Waals surface area contributed by atoms with Gasteiger partial charge in [0.05, 0.1) is 24.5 Å². The predicted molar refractivity (Wildman–Crippen MR) is 71.0 cm³/mol. The molecule has 1 unspecified atom stereocenters. The van der Waals surface area contributed by atoms with E-state index in [9.17, 15) is 18.0 Å². The topological polar surface area (TPSA) is 104 Å². The van der Waals surface area contributed by atoms with E-state index in [2.05, 4.69) is 4.74 Å². The molecule has 0 fully saturated rings. The van der Waals surface area contributed by atoms with Crippen molar-refractivity contribution in [1.82, 2.24) is 0 Å². The van der Waals surface area contributed by atoms with Crippen molar-refractivity contribution in [3.05, 3.63) is 0 Å². The first kappa shape index (κ1) is 17.2. The van der Waals surface area contributed by atoms with Crippen molar-refractivity contribution in [3.63, 3.8) is 0 Å². The highest BCUT2D eigenvalue weighted by Gasteiger charge is 2.15. The fourth-order valence-corrected chi connectivity index (χ4v) is 3.93. The van der Waals surface area contributed by atoms with Crippen LogP contribution in [0.3, 0.4) is 0 Å². The summed E-state index contributed by atoms with van der Waals surface area (Å²) in [5, 5.41) is 0. The van der Waals surface area contributed by atoms with Gasteiger partial charge in [-0.25, -0.2) is 8.42 Å². The number of carbonyl (C=O) groups excluding carboxylic acids is 2. The van der Waals surface area contributed by atoms with E-state index in [1.54, 1.807) is 6.92 Å². The summed E-state index contributed by atoms with van der Waals surface area (Å²) in [6.07, 6.45) is -0.147. The molecule has 1 atom stereocenters. The minimum Gasteiger partial charge on any atom is -0.469 e. The van der Waals surface area contributed by atoms with Crippen LogP contribution in [0, 0.1) is 5.92 Å². The molecule has 0 radical (unpaired) electrons. The van der Waals surface area contributed by atoms with Gasteiger partial charge in [0.2, 0.25) is 5.91 Å². The van der Waals surface area contributed by atoms with E-state index in [1.165, 1.54) is 18.9 Å². The Morgan fingerprint density at radius 2 is 1.94 bits per heavy atom. The zero-order valence-electron chi connectivity index (χ0n) is 10.5. The lowest BCUT2D eigenvalue weighted by Crippen LogP contribution is -2.20. The van der Waals surface area contributed by atoms with E-state index >= 15 is 0 Å². The first-order valence-electron chi connectivity index (χ1n) is 5.43. The number of esters is 1. The van der Waals surface area contributed by atoms with Crippen LogP contribution < -0.4 is 5.73 Å². The molecule has 106 valence electrons. The van der Waals surface area contributed by atoms with E-state index in [0.717, 1.165) is 0 Å². The molecular formula is C10H19NO5S2. The number of thioether (sulfide) groups is 1. The Morgan fingerprint density at radius 1 is 1.33 bits per heavy atom. The summed E-state index contributed by atoms with van der Waals surface area (Å²) in [6, 6.07) is 0. The average Bonchev–Trinajstić information content (AvgIpc) is 2.31. The van der Waals surface area contributed by atoms with Crippen LogP contribution in [0.25, 0.3) is 0 Å². The second-order valence-electron chi connectivity index (χ2n) is 3.87. The number of amides is 1. The summed E-state index contributed by atoms with van der Waals surface area (Å²) < 4.78 is 27.5. The summed E-state index contributed by atoms with van der Waals surface area (Å²) in [6.45, 7) is 1.72. The van der Waals surface area contributed by atoms with E-state index in [1.807, 2.05) is 0 Å². The molecule has 0 saturated heterocycles. The van der Waals surface area contributed by atoms with Gasteiger partial charge in [-0.15, -0.1) is 0 Å². The summed E-state index contributed by atoms with van der Waals surface area (Å²) in [7, 11) is -1.92. The molecule has 0 aromatic rings. The Balaban J connectivity index is 3.84. The van der Waals surface area contributed by atoms with Gasteiger partial charge in [-0.3, -0.25) is 9.59 Å². The SMILES string of the molecule is COC(=O)C(C)CSCCS(=O)(=O)CCC(N)=O. The third-order valence-corrected chi connectivity index (χ3v) is 5.31. The second kappa shape index (κ2) is 8.36. The van der Waals surface area contributed by atoms with E-state index < -0.39 is 15.7 Å². The summed E-state index contributed by atoms with van der Waals surface area (Å²) >= 11 is 1.37. The maximum Gasteiger partial charge on any atom is 0.309 e. The van der Waals surface area contributed by atoms with Gasteiger partial charge >= 0.3 is 5.97 Å². The number of primary amides is 1. The van der Waals surface area contributed by atoms with Gasteiger partial charge in [0.25, 0.3) is 0 Å². The van der Waals surface area contributed by atoms with Gasteiger partial charge in [-0.05, 0) is 0 Å². The fourth-order valence-electron chi connectivity index (χ4n) is 1.07. The van der Waals surface area contributed by atoms with Gasteiger partial charge < -0.3 is 10.5 Å². The van der Waals surface area contributed by atoms with Crippen molar-refractivity contribution in [2.45, 2.75) is 13.3 Å². The quantitative estimate of drug-likeness (QED) is 0.467. The number of ether oxygens (including phenoxy) is 1. The molecule has 0 rings (SSSR count). The van der Waals surface area contributed by atoms with Gasteiger partial charge in [-0.2, -0.15) is 11.8 Å². The van der Waals surface area contributed by atoms with Gasteiger partial charge in [-0.1, -0.05) is 6.92 Å². The lowest BCUT2D eigenvalue weighted by molar-refractivity contribution is -0.144. The summed E-state index contributed by atoms with van der Waals surface area (Å²) in [4.78, 5) is 21.5. The van der Waals surface area contributed by atoms with Crippen LogP contribution in [0.1, 0.15) is 13.3 Å². The normalized spacial score (nSPS) is 13.0. The monoisotopic (exact) mass is 297 g/mol. The third kappa shape index (κ3) is 8.35. The van der Waals surface area contributed by atoms with Crippen molar-refractivity contribution in [2.75, 3.05) is 30.1 Å². The van der Waals surface area contributed by atoms with E-state index in [4.69, 9.17) is 5.73 Å². The van der Waals surface area contributed by atoms with Crippen molar-refractivity contribution in [2.24, 2.45) is 11.7 Å². The number of hydrogen-bond donors (Lipinski definition) is 1. The predicted octanol–water partition coefficient (Wildman–Crippen LogP) is -0.181. The molecule has 0 spiro atoms. The molecule has 8 heteroatoms. The van der Waals surface area contributed by atoms with Crippen LogP contribution in [0.5, 0.6) is 0 Å². The number of rotatable bonds is 9. The minimum absolute atomic E-state index is 0.0150. The van der Waals surface area contributed by atoms with Crippen molar-refractivity contribution in [3.8, 4) is 0 Å². The van der Waals surface area contributed by atoms with Gasteiger partial charge in [0, 0.05) is 17.9 Å². The number of carbonyl (C=O) groups is 2. The molecule has 0 aromatic carbocycles. The lowest BCUT2D eigenvalue weighted by atomic mass is 10.2. The highest BCUT2D eigenvalue weighted by Crippen LogP contribution is 2.10. The van der Waals surface area contributed by atoms with Crippen LogP contribution >= 0.6 is 11.8 Å². The number of hydrogen-bond acceptors (Lipinski definition) is 6. The summed E-state index contributed by atoms with van der Waals surface area (Å²) in [5.74, 6) is -0.507. The molecule has 0 aliphatic heterocycles. The molecule has 1 amide bonds. The van der Waals surface area contributed by atoms with Crippen molar-refractivity contribution < 1.29 is 22.7 Å². The molecule has 0 aromatic heterocycles. The second-order valence-corrected chi connectivity index (χ2v) is 7.32. The standard InChI is InChI=1S/C10H19NO5S2/c1-8(10(13)16-2)7-17-4-6-18(14,15)5-3-9(11)12/h8H,3-7H2,1-2H3,(H2,11,12). The zero-order valence-corrected chi connectivity index (χ0v) is 12.2. The van der Waals surface area contributed by atoms with Crippen LogP contribution in [0.15, 0.2) is 0 Å². The first-order valence-corrected chi connectivity index (χ1v) is 8.40. The highest BCUT2D eigenvalue weighted by atomic mass is 32.2. The van der Waals surface area contributed by atoms with Crippen LogP contribution in [-0.4, -0.2) is 50.4 Å². The molecule has 0 bridgehead atoms. The minimum atomic E-state index is -3.24. The van der Waals surface area contributed by atoms with Crippen LogP contribution in [0.4, 0.5) is 0 Å². The Labute approximate surface area is 112 Å². The van der Waals surface area contributed by atoms with Crippen LogP contribution in [-0.2, 0) is 24.2 Å². The molecule has 2 N–H and O–H groups in total. The number of nitrogens with two attached hydrogens (primary N) is 1. The molecule has 0 aliphatic carbocycles. The maximum absolute atomic E-state index is 11.5. The molecule has 0 aliphatic rings. The van der Waals surface area contributed by atoms with Gasteiger partial charge in [0.1, 0.15) is 0 Å². The summed E-state index contributed by atoms with van der Waals surface area (Å²) in [5.41, 5.74) is 4.88. The van der Waals surface area contributed by atoms with Crippen molar-refractivity contribution >= 4 is 33.5 Å². The molecule has 0 heterocycles. The zero-order chi connectivity index (χ0) is 14.2. The largest absolute Gasteiger partial charge is 0.469 e. The van der Waals surface area contributed by atoms with Gasteiger partial charge in [0.15, 0.2) is 9.84 Å². The Morgan fingerprint density at radius 3 is 2.44 bits per heavy atom. The molecule has 0 saturated carbocycles. The lowest BCUT2D eigenvalue weighted by Gasteiger charge is -2.08. The first-order chi connectivity index (χ1) is 8.28. The van der Waals surface area contributed by atoms with Crippen LogP contribution in [0.2, 0.25) is 0 Å². The van der Waals surface area contributed by atoms with Crippen molar-refractivity contribution in [1.29, 1.82) is 0 Å². The molecule has 18 heavy (non-hydrogen) atoms.